The van der Waals surface area contributed by atoms with Crippen LogP contribution in [0.3, 0.4) is 0 Å². The Bertz CT molecular complexity index is 6250. The Morgan fingerprint density at radius 3 is 1.16 bits per heavy atom. The summed E-state index contributed by atoms with van der Waals surface area (Å²) >= 11 is 23.1. The zero-order chi connectivity index (χ0) is 99.7. The monoisotopic (exact) mass is 2330 g/mol. The number of ether oxygens (including phenoxy) is 4. The SMILES string of the molecule is CC(C)(C)OCCON.COC(=O)c1c(Cl)c(F)c(=O)n2c1CCCC2.COC(=O)c1c(Cl)cc(=O)n2c1CCCC2.COC(=O)c1c(O)cc(=O)n2c1CCCC2.Nc1ccc(I)cc1F.O=C(NOCCO)c1c(Nc2ccc(I)cc2F)c(F)c(=O)n2c1CCCC2.O=C(O)c1c(Cl)c(F)c(=O)n2c1CCCC2.O=C(O)c1c(Nc2ccc(I)cc2F)c(F)c(=O)n2c1CCCC2.[Na+].[OH-]. The number of nitrogens with zero attached hydrogens (tertiary/aromatic N) is 6. The Labute approximate surface area is 855 Å². The maximum absolute atomic E-state index is 14.9. The number of carbonyl (C=O) groups excluding carboxylic acids is 4. The third-order valence-corrected chi connectivity index (χ3v) is 24.3. The number of amides is 1. The molecule has 6 aromatic heterocycles. The van der Waals surface area contributed by atoms with E-state index >= 15 is 0 Å². The smallest absolute Gasteiger partial charge is 0.870 e. The number of hydroxylamine groups is 1. The molecule has 0 spiro atoms. The van der Waals surface area contributed by atoms with E-state index in [1.165, 1.54) is 76.0 Å². The summed E-state index contributed by atoms with van der Waals surface area (Å²) < 4.78 is 126. The first-order valence-corrected chi connectivity index (χ1v) is 46.2. The van der Waals surface area contributed by atoms with E-state index in [4.69, 9.17) is 66.2 Å². The molecule has 48 heteroatoms. The van der Waals surface area contributed by atoms with Gasteiger partial charge in [0, 0.05) is 96.3 Å². The number of nitrogen functional groups attached to an aromatic ring is 1. The van der Waals surface area contributed by atoms with Crippen LogP contribution in [0.15, 0.2) is 95.5 Å². The number of pyridine rings is 6. The molecular formula is C89H97Cl3F7I3N11NaO23. The van der Waals surface area contributed by atoms with Crippen molar-refractivity contribution in [3.8, 4) is 5.75 Å². The van der Waals surface area contributed by atoms with Gasteiger partial charge < -0.3 is 93.5 Å². The summed E-state index contributed by atoms with van der Waals surface area (Å²) in [4.78, 5) is 150. The van der Waals surface area contributed by atoms with Gasteiger partial charge >= 0.3 is 59.4 Å². The van der Waals surface area contributed by atoms with Gasteiger partial charge in [0.1, 0.15) is 45.5 Å². The number of aliphatic hydroxyl groups is 1. The van der Waals surface area contributed by atoms with Crippen molar-refractivity contribution in [3.63, 3.8) is 0 Å². The number of benzene rings is 3. The average Bonchev–Trinajstić information content (AvgIpc) is 0.786. The minimum atomic E-state index is -1.35. The number of carboxylic acid groups (broad SMARTS) is 2. The number of aromatic nitrogens is 6. The molecule has 6 aliphatic rings. The van der Waals surface area contributed by atoms with Gasteiger partial charge in [-0.05, 0) is 259 Å². The molecule has 3 aromatic carbocycles. The van der Waals surface area contributed by atoms with Crippen LogP contribution < -0.4 is 90.7 Å². The minimum Gasteiger partial charge on any atom is -0.870 e. The molecule has 0 unspecified atom stereocenters. The van der Waals surface area contributed by atoms with Crippen molar-refractivity contribution < 1.29 is 144 Å². The second-order valence-corrected chi connectivity index (χ2v) is 36.1. The number of fused-ring (bicyclic) bond motifs is 6. The summed E-state index contributed by atoms with van der Waals surface area (Å²) in [5.74, 6) is -7.02. The molecule has 738 valence electrons. The Hall–Kier alpha value is -9.29. The van der Waals surface area contributed by atoms with Gasteiger partial charge in [0.2, 0.25) is 23.3 Å². The van der Waals surface area contributed by atoms with Crippen LogP contribution in [0.1, 0.15) is 194 Å². The number of nitrogens with two attached hydrogens (primary N) is 2. The molecular weight excluding hydrogens is 2230 g/mol. The number of methoxy groups -OCH3 is 3. The molecule has 0 aliphatic carbocycles. The van der Waals surface area contributed by atoms with Gasteiger partial charge in [0.25, 0.3) is 39.3 Å². The van der Waals surface area contributed by atoms with Crippen molar-refractivity contribution in [3.05, 3.63) is 263 Å². The van der Waals surface area contributed by atoms with Gasteiger partial charge in [0.15, 0.2) is 0 Å². The molecule has 0 radical (unpaired) electrons. The van der Waals surface area contributed by atoms with Gasteiger partial charge in [-0.2, -0.15) is 17.6 Å². The summed E-state index contributed by atoms with van der Waals surface area (Å²) in [5.41, 5.74) is 5.12. The maximum atomic E-state index is 14.9. The molecule has 0 bridgehead atoms. The van der Waals surface area contributed by atoms with Crippen LogP contribution in [0, 0.1) is 51.4 Å². The largest absolute Gasteiger partial charge is 1.00 e. The van der Waals surface area contributed by atoms with Crippen LogP contribution in [0.25, 0.3) is 0 Å². The minimum absolute atomic E-state index is 0. The van der Waals surface area contributed by atoms with Crippen LogP contribution in [0.2, 0.25) is 15.1 Å². The molecule has 0 atom stereocenters. The van der Waals surface area contributed by atoms with E-state index in [1.807, 2.05) is 88.5 Å². The predicted octanol–water partition coefficient (Wildman–Crippen LogP) is 11.2. The van der Waals surface area contributed by atoms with Crippen LogP contribution in [-0.4, -0.2) is 142 Å². The van der Waals surface area contributed by atoms with Gasteiger partial charge in [-0.3, -0.25) is 38.4 Å². The molecule has 12 heterocycles. The quantitative estimate of drug-likeness (QED) is 0.00634. The standard InChI is InChI=1S/C18H18F2IN3O4.C16H13F2IN2O3.C11H11ClFNO3.C11H12ClNO3.C11H13NO4.C10H9ClFNO3.C6H5FIN.C6H15NO2.Na.H2O/c19-11-9-10(21)4-5-12(11)22-16-14(17(26)23-28-8-7-25)13-3-1-2-6-24(13)18(27)15(16)20;17-9-7-8(19)4-5-10(9)20-14-12(16(23)24)11-3-1-2-6-21(11)15(22)13(14)18;1-17-11(16)7-6-4-2-3-5-14(6)10(15)9(13)8(7)12;1-16-11(15)10-7(12)6-9(14)13-5-3-2-4-8(10)13;1-16-11(15)10-7-4-2-3-5-12(7)9(14)6-8(10)13;11-7-6(10(15)16)5-3-1-2-4-13(5)9(14)8(7)12;7-5-3-4(8)1-2-6(5)9;1-6(2,3)8-4-5-9-7;;/h4-5,9,22,25H,1-3,6-8H2,(H,23,26);4-5,7,20H,1-3,6H2,(H,23,24);2-5H2,1H3;6H,2-5H2,1H3;6,13H,2-5H2,1H3;1-4H2,(H,15,16);1-3H,9H2;4-5,7H2,1-3H3;;1H2/q;;;;;;;;+1;/p-1. The van der Waals surface area contributed by atoms with Crippen LogP contribution >= 0.6 is 103 Å². The van der Waals surface area contributed by atoms with Crippen LogP contribution in [0.4, 0.5) is 59.2 Å². The number of hydrogen-bond acceptors (Lipinski definition) is 25. The van der Waals surface area contributed by atoms with E-state index in [0.29, 0.717) is 145 Å². The molecule has 15 rings (SSSR count). The Kier molecular flexibility index (Phi) is 46.3. The molecule has 6 aliphatic heterocycles. The van der Waals surface area contributed by atoms with Gasteiger partial charge in [-0.15, -0.1) is 0 Å². The third kappa shape index (κ3) is 29.9. The number of aromatic carboxylic acids is 2. The number of aromatic hydroxyl groups is 1. The summed E-state index contributed by atoms with van der Waals surface area (Å²) in [6, 6.07) is 15.5. The number of carbonyl (C=O) groups is 6. The second kappa shape index (κ2) is 54.5. The fourth-order valence-electron chi connectivity index (χ4n) is 15.0. The molecule has 137 heavy (non-hydrogen) atoms. The van der Waals surface area contributed by atoms with E-state index in [9.17, 15) is 98.5 Å². The van der Waals surface area contributed by atoms with Crippen molar-refractivity contribution in [2.45, 2.75) is 181 Å². The van der Waals surface area contributed by atoms with E-state index in [2.05, 4.69) is 35.2 Å². The number of rotatable bonds is 16. The van der Waals surface area contributed by atoms with Crippen molar-refractivity contribution in [2.75, 3.05) is 64.1 Å². The zero-order valence-electron chi connectivity index (χ0n) is 75.0. The Balaban J connectivity index is 0.000000245. The number of hydrogen-bond donors (Lipinski definition) is 9. The Morgan fingerprint density at radius 1 is 0.445 bits per heavy atom. The topological polar surface area (TPSA) is 489 Å². The summed E-state index contributed by atoms with van der Waals surface area (Å²) in [5, 5.41) is 41.1. The van der Waals surface area contributed by atoms with E-state index in [0.717, 1.165) is 72.0 Å². The van der Waals surface area contributed by atoms with E-state index in [-0.39, 0.29) is 139 Å². The molecule has 34 nitrogen and oxygen atoms in total. The summed E-state index contributed by atoms with van der Waals surface area (Å²) in [6.45, 7) is 9.08. The molecule has 1 amide bonds. The molecule has 0 saturated heterocycles. The number of aliphatic hydroxyl groups excluding tert-OH is 1. The van der Waals surface area contributed by atoms with Crippen LogP contribution in [-0.2, 0) is 106 Å². The van der Waals surface area contributed by atoms with Gasteiger partial charge in [-0.1, -0.05) is 34.8 Å². The average molecular weight is 2330 g/mol. The molecule has 0 fully saturated rings. The van der Waals surface area contributed by atoms with Gasteiger partial charge in [0.05, 0.1) is 108 Å². The van der Waals surface area contributed by atoms with E-state index in [1.54, 1.807) is 28.8 Å². The van der Waals surface area contributed by atoms with Crippen molar-refractivity contribution in [2.24, 2.45) is 5.90 Å². The predicted molar refractivity (Wildman–Crippen MR) is 513 cm³/mol. The first kappa shape index (κ1) is 116. The fourth-order valence-corrected chi connectivity index (χ4v) is 17.2. The second-order valence-electron chi connectivity index (χ2n) is 31.2. The zero-order valence-corrected chi connectivity index (χ0v) is 85.7. The molecule has 9 aromatic rings. The third-order valence-electron chi connectivity index (χ3n) is 21.3. The first-order valence-electron chi connectivity index (χ1n) is 41.8. The van der Waals surface area contributed by atoms with Crippen LogP contribution in [0.5, 0.6) is 5.75 Å². The number of halogens is 13. The number of anilines is 5. The van der Waals surface area contributed by atoms with E-state index < -0.39 is 114 Å². The molecule has 0 saturated carbocycles. The molecule has 12 N–H and O–H groups in total. The number of esters is 3. The Morgan fingerprint density at radius 2 is 0.781 bits per heavy atom. The fraction of sp³-hybridized carbons (Fsp3) is 0.393. The van der Waals surface area contributed by atoms with Crippen molar-refractivity contribution in [1.82, 2.24) is 32.9 Å². The summed E-state index contributed by atoms with van der Waals surface area (Å²) in [7, 11) is 3.76. The van der Waals surface area contributed by atoms with Crippen molar-refractivity contribution >= 4 is 167 Å². The normalized spacial score (nSPS) is 13.3. The number of carboxylic acids is 2. The summed E-state index contributed by atoms with van der Waals surface area (Å²) in [6.07, 6.45) is 12.7. The maximum Gasteiger partial charge on any atom is 1.00 e. The first-order chi connectivity index (χ1) is 64.0. The number of nitrogens with one attached hydrogen (secondary N) is 3. The van der Waals surface area contributed by atoms with Gasteiger partial charge in [-0.25, -0.2) is 48.5 Å². The van der Waals surface area contributed by atoms with Crippen molar-refractivity contribution in [1.29, 1.82) is 0 Å².